The first kappa shape index (κ1) is 14.6. The Morgan fingerprint density at radius 2 is 2.20 bits per heavy atom. The molecule has 1 N–H and O–H groups in total. The Labute approximate surface area is 120 Å². The lowest BCUT2D eigenvalue weighted by Crippen LogP contribution is -2.23. The van der Waals surface area contributed by atoms with E-state index < -0.39 is 0 Å². The first-order chi connectivity index (χ1) is 9.63. The summed E-state index contributed by atoms with van der Waals surface area (Å²) in [5.74, 6) is 0.936. The molecular formula is C16H23N3O. The van der Waals surface area contributed by atoms with Crippen LogP contribution in [0.4, 0.5) is 0 Å². The molecule has 0 bridgehead atoms. The standard InChI is InChI=1S/C16H23N3O/c1-5-17-15(9-13-10-18-19(3)11-13)14-8-12(2)6-7-16(14)20-4/h6-8,10-11,15,17H,5,9H2,1-4H3. The van der Waals surface area contributed by atoms with E-state index >= 15 is 0 Å². The van der Waals surface area contributed by atoms with Crippen molar-refractivity contribution in [2.75, 3.05) is 13.7 Å². The van der Waals surface area contributed by atoms with Gasteiger partial charge in [0.1, 0.15) is 5.75 Å². The summed E-state index contributed by atoms with van der Waals surface area (Å²) in [6, 6.07) is 6.55. The van der Waals surface area contributed by atoms with E-state index in [-0.39, 0.29) is 6.04 Å². The number of nitrogens with zero attached hydrogens (tertiary/aromatic N) is 2. The highest BCUT2D eigenvalue weighted by Crippen LogP contribution is 2.28. The number of benzene rings is 1. The molecule has 0 aliphatic rings. The second kappa shape index (κ2) is 6.57. The Balaban J connectivity index is 2.30. The zero-order valence-corrected chi connectivity index (χ0v) is 12.7. The second-order valence-electron chi connectivity index (χ2n) is 5.08. The summed E-state index contributed by atoms with van der Waals surface area (Å²) >= 11 is 0. The number of nitrogens with one attached hydrogen (secondary N) is 1. The van der Waals surface area contributed by atoms with Crippen molar-refractivity contribution in [3.05, 3.63) is 47.3 Å². The lowest BCUT2D eigenvalue weighted by molar-refractivity contribution is 0.399. The minimum atomic E-state index is 0.235. The molecule has 0 spiro atoms. The average molecular weight is 273 g/mol. The van der Waals surface area contributed by atoms with E-state index in [2.05, 4.69) is 42.6 Å². The van der Waals surface area contributed by atoms with E-state index in [4.69, 9.17) is 4.74 Å². The first-order valence-electron chi connectivity index (χ1n) is 6.99. The Bertz CT molecular complexity index is 563. The minimum Gasteiger partial charge on any atom is -0.496 e. The maximum atomic E-state index is 5.51. The predicted molar refractivity (Wildman–Crippen MR) is 81.1 cm³/mol. The molecule has 108 valence electrons. The molecule has 4 nitrogen and oxygen atoms in total. The Morgan fingerprint density at radius 1 is 1.40 bits per heavy atom. The molecular weight excluding hydrogens is 250 g/mol. The smallest absolute Gasteiger partial charge is 0.123 e. The van der Waals surface area contributed by atoms with E-state index in [0.29, 0.717) is 0 Å². The molecule has 2 aromatic rings. The maximum absolute atomic E-state index is 5.51. The minimum absolute atomic E-state index is 0.235. The molecule has 0 saturated carbocycles. The monoisotopic (exact) mass is 273 g/mol. The summed E-state index contributed by atoms with van der Waals surface area (Å²) in [4.78, 5) is 0. The normalized spacial score (nSPS) is 12.4. The fourth-order valence-corrected chi connectivity index (χ4v) is 2.48. The second-order valence-corrected chi connectivity index (χ2v) is 5.08. The molecule has 1 aromatic heterocycles. The highest BCUT2D eigenvalue weighted by molar-refractivity contribution is 5.39. The van der Waals surface area contributed by atoms with Crippen molar-refractivity contribution < 1.29 is 4.74 Å². The van der Waals surface area contributed by atoms with Gasteiger partial charge in [-0.2, -0.15) is 5.10 Å². The number of rotatable bonds is 6. The zero-order chi connectivity index (χ0) is 14.5. The lowest BCUT2D eigenvalue weighted by atomic mass is 9.98. The highest BCUT2D eigenvalue weighted by atomic mass is 16.5. The number of ether oxygens (including phenoxy) is 1. The molecule has 1 unspecified atom stereocenters. The Morgan fingerprint density at radius 3 is 2.80 bits per heavy atom. The van der Waals surface area contributed by atoms with E-state index in [0.717, 1.165) is 18.7 Å². The van der Waals surface area contributed by atoms with Crippen molar-refractivity contribution in [2.45, 2.75) is 26.3 Å². The number of methoxy groups -OCH3 is 1. The van der Waals surface area contributed by atoms with E-state index in [9.17, 15) is 0 Å². The van der Waals surface area contributed by atoms with E-state index in [1.807, 2.05) is 24.0 Å². The molecule has 1 heterocycles. The van der Waals surface area contributed by atoms with Gasteiger partial charge in [-0.15, -0.1) is 0 Å². The van der Waals surface area contributed by atoms with Gasteiger partial charge in [-0.25, -0.2) is 0 Å². The van der Waals surface area contributed by atoms with Crippen LogP contribution in [0.2, 0.25) is 0 Å². The van der Waals surface area contributed by atoms with Crippen molar-refractivity contribution in [3.63, 3.8) is 0 Å². The van der Waals surface area contributed by atoms with Gasteiger partial charge >= 0.3 is 0 Å². The molecule has 1 aromatic carbocycles. The molecule has 2 rings (SSSR count). The number of aromatic nitrogens is 2. The van der Waals surface area contributed by atoms with Crippen LogP contribution in [-0.4, -0.2) is 23.4 Å². The van der Waals surface area contributed by atoms with Crippen LogP contribution >= 0.6 is 0 Å². The van der Waals surface area contributed by atoms with Gasteiger partial charge in [0.05, 0.1) is 13.3 Å². The molecule has 1 atom stereocenters. The van der Waals surface area contributed by atoms with Crippen LogP contribution < -0.4 is 10.1 Å². The van der Waals surface area contributed by atoms with Crippen LogP contribution in [0.5, 0.6) is 5.75 Å². The summed E-state index contributed by atoms with van der Waals surface area (Å²) in [5, 5.41) is 7.78. The van der Waals surface area contributed by atoms with E-state index in [1.54, 1.807) is 7.11 Å². The largest absolute Gasteiger partial charge is 0.496 e. The third kappa shape index (κ3) is 3.39. The van der Waals surface area contributed by atoms with Crippen LogP contribution in [0.1, 0.15) is 29.7 Å². The number of hydrogen-bond acceptors (Lipinski definition) is 3. The van der Waals surface area contributed by atoms with Gasteiger partial charge < -0.3 is 10.1 Å². The van der Waals surface area contributed by atoms with Crippen LogP contribution in [0.3, 0.4) is 0 Å². The molecule has 0 aliphatic carbocycles. The first-order valence-corrected chi connectivity index (χ1v) is 6.99. The van der Waals surface area contributed by atoms with Gasteiger partial charge in [0, 0.05) is 24.8 Å². The fourth-order valence-electron chi connectivity index (χ4n) is 2.48. The molecule has 0 fully saturated rings. The van der Waals surface area contributed by atoms with Gasteiger partial charge in [-0.05, 0) is 31.5 Å². The van der Waals surface area contributed by atoms with Crippen molar-refractivity contribution in [3.8, 4) is 5.75 Å². The number of aryl methyl sites for hydroxylation is 2. The average Bonchev–Trinajstić information content (AvgIpc) is 2.84. The third-order valence-corrected chi connectivity index (χ3v) is 3.41. The van der Waals surface area contributed by atoms with Gasteiger partial charge in [-0.3, -0.25) is 4.68 Å². The molecule has 4 heteroatoms. The van der Waals surface area contributed by atoms with Gasteiger partial charge in [0.25, 0.3) is 0 Å². The quantitative estimate of drug-likeness (QED) is 0.879. The highest BCUT2D eigenvalue weighted by Gasteiger charge is 2.16. The van der Waals surface area contributed by atoms with Crippen molar-refractivity contribution in [1.82, 2.24) is 15.1 Å². The van der Waals surface area contributed by atoms with E-state index in [1.165, 1.54) is 16.7 Å². The number of hydrogen-bond donors (Lipinski definition) is 1. The lowest BCUT2D eigenvalue weighted by Gasteiger charge is -2.21. The Kier molecular flexibility index (Phi) is 4.79. The summed E-state index contributed by atoms with van der Waals surface area (Å²) < 4.78 is 7.35. The maximum Gasteiger partial charge on any atom is 0.123 e. The van der Waals surface area contributed by atoms with Crippen LogP contribution in [0, 0.1) is 6.92 Å². The molecule has 20 heavy (non-hydrogen) atoms. The topological polar surface area (TPSA) is 39.1 Å². The Hall–Kier alpha value is -1.81. The molecule has 0 radical (unpaired) electrons. The molecule has 0 amide bonds. The fraction of sp³-hybridized carbons (Fsp3) is 0.438. The van der Waals surface area contributed by atoms with Crippen molar-refractivity contribution in [1.29, 1.82) is 0 Å². The van der Waals surface area contributed by atoms with Gasteiger partial charge in [0.15, 0.2) is 0 Å². The molecule has 0 aliphatic heterocycles. The zero-order valence-electron chi connectivity index (χ0n) is 12.7. The number of likely N-dealkylation sites (N-methyl/N-ethyl adjacent to an activating group) is 1. The molecule has 0 saturated heterocycles. The third-order valence-electron chi connectivity index (χ3n) is 3.41. The van der Waals surface area contributed by atoms with Gasteiger partial charge in [-0.1, -0.05) is 24.6 Å². The summed E-state index contributed by atoms with van der Waals surface area (Å²) in [7, 11) is 3.67. The van der Waals surface area contributed by atoms with Crippen LogP contribution in [0.25, 0.3) is 0 Å². The summed E-state index contributed by atoms with van der Waals surface area (Å²) in [6.07, 6.45) is 4.89. The van der Waals surface area contributed by atoms with Gasteiger partial charge in [0.2, 0.25) is 0 Å². The summed E-state index contributed by atoms with van der Waals surface area (Å²) in [5.41, 5.74) is 3.68. The summed E-state index contributed by atoms with van der Waals surface area (Å²) in [6.45, 7) is 5.15. The van der Waals surface area contributed by atoms with Crippen LogP contribution in [0.15, 0.2) is 30.6 Å². The predicted octanol–water partition coefficient (Wildman–Crippen LogP) is 2.63. The van der Waals surface area contributed by atoms with Crippen molar-refractivity contribution >= 4 is 0 Å². The van der Waals surface area contributed by atoms with Crippen LogP contribution in [-0.2, 0) is 13.5 Å². The SMILES string of the molecule is CCNC(Cc1cnn(C)c1)c1cc(C)ccc1OC. The van der Waals surface area contributed by atoms with Crippen molar-refractivity contribution in [2.24, 2.45) is 7.05 Å².